The van der Waals surface area contributed by atoms with Gasteiger partial charge in [0.15, 0.2) is 0 Å². The summed E-state index contributed by atoms with van der Waals surface area (Å²) in [5.41, 5.74) is 0.792. The van der Waals surface area contributed by atoms with Crippen LogP contribution in [-0.2, 0) is 0 Å². The van der Waals surface area contributed by atoms with Gasteiger partial charge in [-0.15, -0.1) is 0 Å². The van der Waals surface area contributed by atoms with Crippen molar-refractivity contribution >= 4 is 0 Å². The largest absolute Gasteiger partial charge is 0.316 e. The lowest BCUT2D eigenvalue weighted by Gasteiger charge is -2.55. The molecule has 1 heterocycles. The number of hydrogen-bond acceptors (Lipinski definition) is 1. The smallest absolute Gasteiger partial charge is 0.00228 e. The maximum Gasteiger partial charge on any atom is 0.00228 e. The summed E-state index contributed by atoms with van der Waals surface area (Å²) in [6.07, 6.45) is 2.96. The van der Waals surface area contributed by atoms with Crippen molar-refractivity contribution in [3.63, 3.8) is 0 Å². The van der Waals surface area contributed by atoms with Crippen LogP contribution in [0.4, 0.5) is 0 Å². The van der Waals surface area contributed by atoms with E-state index in [9.17, 15) is 0 Å². The summed E-state index contributed by atoms with van der Waals surface area (Å²) >= 11 is 0. The predicted molar refractivity (Wildman–Crippen MR) is 33.7 cm³/mol. The first kappa shape index (κ1) is 4.80. The molecule has 1 heteroatoms. The van der Waals surface area contributed by atoms with Crippen LogP contribution < -0.4 is 5.32 Å². The Morgan fingerprint density at radius 3 is 2.25 bits per heavy atom. The number of nitrogens with one attached hydrogen (secondary N) is 1. The molecule has 0 aromatic carbocycles. The summed E-state index contributed by atoms with van der Waals surface area (Å²) in [4.78, 5) is 0. The average Bonchev–Trinajstić information content (AvgIpc) is 1.58. The minimum absolute atomic E-state index is 0.792. The highest BCUT2D eigenvalue weighted by atomic mass is 15.0. The third-order valence-corrected chi connectivity index (χ3v) is 3.07. The Bertz CT molecular complexity index is 99.4. The van der Waals surface area contributed by atoms with Crippen LogP contribution in [0.3, 0.4) is 0 Å². The molecule has 2 fully saturated rings. The van der Waals surface area contributed by atoms with Crippen molar-refractivity contribution in [2.24, 2.45) is 11.3 Å². The molecule has 8 heavy (non-hydrogen) atoms. The standard InChI is InChI=1S/C7H13N/c1-6-2-3-7(6)4-8-5-7/h6,8H,2-5H2,1H3. The van der Waals surface area contributed by atoms with Crippen LogP contribution in [0, 0.1) is 11.3 Å². The lowest BCUT2D eigenvalue weighted by molar-refractivity contribution is -0.0118. The third kappa shape index (κ3) is 0.368. The van der Waals surface area contributed by atoms with E-state index in [1.807, 2.05) is 0 Å². The van der Waals surface area contributed by atoms with Crippen molar-refractivity contribution in [2.75, 3.05) is 13.1 Å². The van der Waals surface area contributed by atoms with E-state index in [0.717, 1.165) is 11.3 Å². The Kier molecular flexibility index (Phi) is 0.762. The molecule has 1 aliphatic heterocycles. The molecule has 1 saturated heterocycles. The Labute approximate surface area is 50.5 Å². The van der Waals surface area contributed by atoms with Gasteiger partial charge in [-0.2, -0.15) is 0 Å². The first-order chi connectivity index (χ1) is 3.83. The van der Waals surface area contributed by atoms with Gasteiger partial charge < -0.3 is 5.32 Å². The van der Waals surface area contributed by atoms with Gasteiger partial charge in [0.25, 0.3) is 0 Å². The molecule has 0 amide bonds. The number of hydrogen-bond donors (Lipinski definition) is 1. The van der Waals surface area contributed by atoms with Gasteiger partial charge in [0.1, 0.15) is 0 Å². The van der Waals surface area contributed by atoms with Crippen molar-refractivity contribution in [2.45, 2.75) is 19.8 Å². The third-order valence-electron chi connectivity index (χ3n) is 3.07. The van der Waals surface area contributed by atoms with Crippen molar-refractivity contribution < 1.29 is 0 Å². The van der Waals surface area contributed by atoms with E-state index in [1.54, 1.807) is 0 Å². The zero-order chi connectivity index (χ0) is 5.61. The second kappa shape index (κ2) is 1.27. The second-order valence-corrected chi connectivity index (χ2v) is 3.41. The molecule has 1 atom stereocenters. The highest BCUT2D eigenvalue weighted by molar-refractivity contribution is 5.02. The monoisotopic (exact) mass is 111 g/mol. The first-order valence-electron chi connectivity index (χ1n) is 3.54. The number of rotatable bonds is 0. The molecule has 46 valence electrons. The minimum atomic E-state index is 0.792. The molecule has 1 nitrogen and oxygen atoms in total. The summed E-state index contributed by atoms with van der Waals surface area (Å²) in [5, 5.41) is 3.33. The van der Waals surface area contributed by atoms with Crippen LogP contribution in [0.1, 0.15) is 19.8 Å². The van der Waals surface area contributed by atoms with Crippen LogP contribution in [0.25, 0.3) is 0 Å². The van der Waals surface area contributed by atoms with Gasteiger partial charge in [-0.05, 0) is 24.2 Å². The second-order valence-electron chi connectivity index (χ2n) is 3.41. The van der Waals surface area contributed by atoms with Gasteiger partial charge in [0.05, 0.1) is 0 Å². The maximum atomic E-state index is 3.33. The van der Waals surface area contributed by atoms with E-state index in [4.69, 9.17) is 0 Å². The normalized spacial score (nSPS) is 40.9. The molecule has 1 spiro atoms. The van der Waals surface area contributed by atoms with Gasteiger partial charge in [0.2, 0.25) is 0 Å². The molecule has 1 N–H and O–H groups in total. The van der Waals surface area contributed by atoms with Crippen LogP contribution in [-0.4, -0.2) is 13.1 Å². The topological polar surface area (TPSA) is 12.0 Å². The molecule has 0 aromatic heterocycles. The van der Waals surface area contributed by atoms with Gasteiger partial charge in [0, 0.05) is 13.1 Å². The fraction of sp³-hybridized carbons (Fsp3) is 1.00. The molecule has 1 unspecified atom stereocenters. The average molecular weight is 111 g/mol. The molecule has 0 aromatic rings. The molecule has 0 radical (unpaired) electrons. The van der Waals surface area contributed by atoms with Crippen LogP contribution in [0.2, 0.25) is 0 Å². The highest BCUT2D eigenvalue weighted by Crippen LogP contribution is 2.48. The molecule has 2 rings (SSSR count). The van der Waals surface area contributed by atoms with Crippen molar-refractivity contribution in [1.82, 2.24) is 5.32 Å². The zero-order valence-corrected chi connectivity index (χ0v) is 5.41. The SMILES string of the molecule is CC1CCC12CNC2. The Morgan fingerprint density at radius 1 is 1.50 bits per heavy atom. The summed E-state index contributed by atoms with van der Waals surface area (Å²) in [5.74, 6) is 1.02. The van der Waals surface area contributed by atoms with Gasteiger partial charge in [-0.25, -0.2) is 0 Å². The van der Waals surface area contributed by atoms with Crippen LogP contribution >= 0.6 is 0 Å². The zero-order valence-electron chi connectivity index (χ0n) is 5.41. The quantitative estimate of drug-likeness (QED) is 0.492. The van der Waals surface area contributed by atoms with E-state index in [-0.39, 0.29) is 0 Å². The Hall–Kier alpha value is -0.0400. The highest BCUT2D eigenvalue weighted by Gasteiger charge is 2.47. The van der Waals surface area contributed by atoms with E-state index in [0.29, 0.717) is 0 Å². The van der Waals surface area contributed by atoms with Gasteiger partial charge in [-0.3, -0.25) is 0 Å². The van der Waals surface area contributed by atoms with Gasteiger partial charge >= 0.3 is 0 Å². The fourth-order valence-corrected chi connectivity index (χ4v) is 1.81. The Balaban J connectivity index is 2.03. The first-order valence-corrected chi connectivity index (χ1v) is 3.54. The van der Waals surface area contributed by atoms with Crippen molar-refractivity contribution in [3.8, 4) is 0 Å². The van der Waals surface area contributed by atoms with E-state index >= 15 is 0 Å². The van der Waals surface area contributed by atoms with Gasteiger partial charge in [-0.1, -0.05) is 6.92 Å². The maximum absolute atomic E-state index is 3.33. The summed E-state index contributed by atoms with van der Waals surface area (Å²) in [6, 6.07) is 0. The van der Waals surface area contributed by atoms with Crippen molar-refractivity contribution in [1.29, 1.82) is 0 Å². The lowest BCUT2D eigenvalue weighted by Crippen LogP contribution is -2.61. The molecular formula is C7H13N. The van der Waals surface area contributed by atoms with E-state index in [1.165, 1.54) is 25.9 Å². The molecular weight excluding hydrogens is 98.1 g/mol. The molecule has 1 aliphatic carbocycles. The summed E-state index contributed by atoms with van der Waals surface area (Å²) in [7, 11) is 0. The molecule has 0 bridgehead atoms. The lowest BCUT2D eigenvalue weighted by atomic mass is 9.57. The van der Waals surface area contributed by atoms with Crippen LogP contribution in [0.5, 0.6) is 0 Å². The van der Waals surface area contributed by atoms with E-state index in [2.05, 4.69) is 12.2 Å². The molecule has 1 saturated carbocycles. The Morgan fingerprint density at radius 2 is 2.25 bits per heavy atom. The summed E-state index contributed by atoms with van der Waals surface area (Å²) < 4.78 is 0. The molecule has 2 aliphatic rings. The minimum Gasteiger partial charge on any atom is -0.316 e. The summed E-state index contributed by atoms with van der Waals surface area (Å²) in [6.45, 7) is 4.98. The fourth-order valence-electron chi connectivity index (χ4n) is 1.81. The van der Waals surface area contributed by atoms with Crippen molar-refractivity contribution in [3.05, 3.63) is 0 Å². The predicted octanol–water partition coefficient (Wildman–Crippen LogP) is 1.01. The van der Waals surface area contributed by atoms with Crippen LogP contribution in [0.15, 0.2) is 0 Å². The van der Waals surface area contributed by atoms with E-state index < -0.39 is 0 Å².